The molecule has 0 saturated carbocycles. The highest BCUT2D eigenvalue weighted by molar-refractivity contribution is 5.96. The van der Waals surface area contributed by atoms with Gasteiger partial charge in [-0.1, -0.05) is 54.6 Å². The number of benzene rings is 2. The van der Waals surface area contributed by atoms with Crippen LogP contribution in [0.5, 0.6) is 0 Å². The first-order valence-corrected chi connectivity index (χ1v) is 9.77. The molecule has 1 fully saturated rings. The molecule has 1 aliphatic heterocycles. The molecule has 0 bridgehead atoms. The number of hydrogen-bond acceptors (Lipinski definition) is 4. The number of hydrogen-bond donors (Lipinski definition) is 1. The van der Waals surface area contributed by atoms with Gasteiger partial charge in [0.2, 0.25) is 0 Å². The van der Waals surface area contributed by atoms with Crippen molar-refractivity contribution in [2.24, 2.45) is 0 Å². The van der Waals surface area contributed by atoms with Crippen molar-refractivity contribution in [1.82, 2.24) is 9.80 Å². The monoisotopic (exact) mass is 366 g/mol. The molecular formula is C23H30N2O2. The van der Waals surface area contributed by atoms with Gasteiger partial charge < -0.3 is 5.11 Å². The number of aliphatic hydroxyl groups excluding tert-OH is 1. The van der Waals surface area contributed by atoms with Gasteiger partial charge in [-0.05, 0) is 31.9 Å². The van der Waals surface area contributed by atoms with E-state index in [0.717, 1.165) is 19.6 Å². The third-order valence-electron chi connectivity index (χ3n) is 5.74. The summed E-state index contributed by atoms with van der Waals surface area (Å²) in [6, 6.07) is 19.7. The van der Waals surface area contributed by atoms with Crippen molar-refractivity contribution in [3.63, 3.8) is 0 Å². The number of aliphatic hydroxyl groups is 1. The lowest BCUT2D eigenvalue weighted by atomic mass is 10.0. The molecule has 4 nitrogen and oxygen atoms in total. The molecule has 0 spiro atoms. The summed E-state index contributed by atoms with van der Waals surface area (Å²) in [7, 11) is 0. The van der Waals surface area contributed by atoms with Gasteiger partial charge in [0.05, 0.1) is 0 Å². The second kappa shape index (κ2) is 8.79. The number of carbonyl (C=O) groups excluding carboxylic acids is 1. The summed E-state index contributed by atoms with van der Waals surface area (Å²) in [5, 5.41) is 8.98. The van der Waals surface area contributed by atoms with Gasteiger partial charge in [-0.2, -0.15) is 0 Å². The molecule has 4 heteroatoms. The highest BCUT2D eigenvalue weighted by atomic mass is 16.3. The molecule has 0 amide bonds. The third kappa shape index (κ3) is 4.64. The molecule has 144 valence electrons. The van der Waals surface area contributed by atoms with Crippen molar-refractivity contribution >= 4 is 5.78 Å². The summed E-state index contributed by atoms with van der Waals surface area (Å²) in [5.74, 6) is -0.230. The van der Waals surface area contributed by atoms with Crippen LogP contribution in [0.4, 0.5) is 0 Å². The zero-order valence-electron chi connectivity index (χ0n) is 16.5. The van der Waals surface area contributed by atoms with Gasteiger partial charge in [-0.15, -0.1) is 0 Å². The van der Waals surface area contributed by atoms with Crippen molar-refractivity contribution in [3.05, 3.63) is 71.3 Å². The lowest BCUT2D eigenvalue weighted by molar-refractivity contribution is 0.0143. The Kier molecular flexibility index (Phi) is 6.42. The average Bonchev–Trinajstić information content (AvgIpc) is 2.70. The number of Topliss-reactive ketones (excluding diaryl/α,β-unsaturated/α-hetero) is 1. The van der Waals surface area contributed by atoms with E-state index >= 15 is 0 Å². The fourth-order valence-electron chi connectivity index (χ4n) is 4.07. The summed E-state index contributed by atoms with van der Waals surface area (Å²) in [5.41, 5.74) is 3.14. The van der Waals surface area contributed by atoms with Crippen molar-refractivity contribution < 1.29 is 9.90 Å². The summed E-state index contributed by atoms with van der Waals surface area (Å²) in [6.07, 6.45) is 0. The van der Waals surface area contributed by atoms with Crippen LogP contribution < -0.4 is 0 Å². The van der Waals surface area contributed by atoms with Crippen molar-refractivity contribution in [3.8, 4) is 0 Å². The predicted octanol–water partition coefficient (Wildman–Crippen LogP) is 3.52. The molecule has 2 aromatic carbocycles. The molecule has 1 heterocycles. The summed E-state index contributed by atoms with van der Waals surface area (Å²) < 4.78 is 0. The minimum absolute atomic E-state index is 0.230. The van der Waals surface area contributed by atoms with Crippen LogP contribution in [0.2, 0.25) is 0 Å². The Bertz CT molecular complexity index is 733. The lowest BCUT2D eigenvalue weighted by Crippen LogP contribution is -2.56. The molecule has 1 unspecified atom stereocenters. The van der Waals surface area contributed by atoms with E-state index in [4.69, 9.17) is 5.11 Å². The van der Waals surface area contributed by atoms with Crippen molar-refractivity contribution in [2.75, 3.05) is 19.7 Å². The van der Waals surface area contributed by atoms with Gasteiger partial charge in [0.1, 0.15) is 6.61 Å². The molecular weight excluding hydrogens is 336 g/mol. The van der Waals surface area contributed by atoms with Gasteiger partial charge >= 0.3 is 0 Å². The first-order valence-electron chi connectivity index (χ1n) is 9.77. The number of ketones is 1. The topological polar surface area (TPSA) is 43.8 Å². The SMILES string of the molecule is CC(c1ccccc1)N1C[C@@H](C)N(Cc2ccc(C(=O)CO)cc2)[C@@H](C)C1. The van der Waals surface area contributed by atoms with Crippen LogP contribution in [0.1, 0.15) is 48.3 Å². The van der Waals surface area contributed by atoms with Gasteiger partial charge in [0, 0.05) is 43.3 Å². The average molecular weight is 367 g/mol. The van der Waals surface area contributed by atoms with E-state index in [9.17, 15) is 4.79 Å². The van der Waals surface area contributed by atoms with Crippen LogP contribution in [-0.2, 0) is 6.54 Å². The third-order valence-corrected chi connectivity index (χ3v) is 5.74. The number of carbonyl (C=O) groups is 1. The molecule has 1 aliphatic rings. The molecule has 2 aromatic rings. The predicted molar refractivity (Wildman–Crippen MR) is 109 cm³/mol. The maximum Gasteiger partial charge on any atom is 0.188 e. The van der Waals surface area contributed by atoms with Crippen LogP contribution in [0.3, 0.4) is 0 Å². The Labute approximate surface area is 162 Å². The first kappa shape index (κ1) is 19.7. The van der Waals surface area contributed by atoms with E-state index < -0.39 is 6.61 Å². The normalized spacial score (nSPS) is 22.5. The van der Waals surface area contributed by atoms with Crippen LogP contribution in [0.25, 0.3) is 0 Å². The van der Waals surface area contributed by atoms with Crippen LogP contribution in [0.15, 0.2) is 54.6 Å². The minimum Gasteiger partial charge on any atom is -0.388 e. The fourth-order valence-corrected chi connectivity index (χ4v) is 4.07. The summed E-state index contributed by atoms with van der Waals surface area (Å²) in [4.78, 5) is 16.7. The van der Waals surface area contributed by atoms with Gasteiger partial charge in [-0.3, -0.25) is 14.6 Å². The molecule has 0 aliphatic carbocycles. The molecule has 0 aromatic heterocycles. The van der Waals surface area contributed by atoms with Crippen molar-refractivity contribution in [2.45, 2.75) is 45.4 Å². The lowest BCUT2D eigenvalue weighted by Gasteiger charge is -2.46. The van der Waals surface area contributed by atoms with Gasteiger partial charge in [0.25, 0.3) is 0 Å². The Morgan fingerprint density at radius 1 is 1.04 bits per heavy atom. The Morgan fingerprint density at radius 2 is 1.63 bits per heavy atom. The number of piperazine rings is 1. The zero-order valence-corrected chi connectivity index (χ0v) is 16.5. The molecule has 1 N–H and O–H groups in total. The quantitative estimate of drug-likeness (QED) is 0.795. The maximum atomic E-state index is 11.6. The maximum absolute atomic E-state index is 11.6. The molecule has 27 heavy (non-hydrogen) atoms. The van der Waals surface area contributed by atoms with Crippen LogP contribution in [0, 0.1) is 0 Å². The molecule has 0 radical (unpaired) electrons. The van der Waals surface area contributed by atoms with E-state index in [-0.39, 0.29) is 5.78 Å². The van der Waals surface area contributed by atoms with E-state index in [2.05, 4.69) is 60.9 Å². The second-order valence-electron chi connectivity index (χ2n) is 7.69. The van der Waals surface area contributed by atoms with E-state index in [1.54, 1.807) is 0 Å². The van der Waals surface area contributed by atoms with Crippen LogP contribution >= 0.6 is 0 Å². The Morgan fingerprint density at radius 3 is 2.19 bits per heavy atom. The van der Waals surface area contributed by atoms with E-state index in [1.165, 1.54) is 11.1 Å². The standard InChI is InChI=1S/C23H30N2O2/c1-17-13-24(19(3)21-7-5-4-6-8-21)14-18(2)25(17)15-20-9-11-22(12-10-20)23(27)16-26/h4-12,17-19,26H,13-16H2,1-3H3/t17-,18+,19?. The van der Waals surface area contributed by atoms with E-state index in [1.807, 2.05) is 24.3 Å². The molecule has 3 atom stereocenters. The second-order valence-corrected chi connectivity index (χ2v) is 7.69. The Balaban J connectivity index is 1.64. The van der Waals surface area contributed by atoms with E-state index in [0.29, 0.717) is 23.7 Å². The van der Waals surface area contributed by atoms with Gasteiger partial charge in [-0.25, -0.2) is 0 Å². The number of rotatable bonds is 6. The summed E-state index contributed by atoms with van der Waals surface area (Å²) in [6.45, 7) is 9.41. The first-order chi connectivity index (χ1) is 13.0. The zero-order chi connectivity index (χ0) is 19.4. The molecule has 1 saturated heterocycles. The highest BCUT2D eigenvalue weighted by Crippen LogP contribution is 2.27. The highest BCUT2D eigenvalue weighted by Gasteiger charge is 2.31. The van der Waals surface area contributed by atoms with Crippen molar-refractivity contribution in [1.29, 1.82) is 0 Å². The van der Waals surface area contributed by atoms with Crippen LogP contribution in [-0.4, -0.2) is 52.5 Å². The smallest absolute Gasteiger partial charge is 0.188 e. The number of nitrogens with zero attached hydrogens (tertiary/aromatic N) is 2. The fraction of sp³-hybridized carbons (Fsp3) is 0.435. The van der Waals surface area contributed by atoms with Gasteiger partial charge in [0.15, 0.2) is 5.78 Å². The summed E-state index contributed by atoms with van der Waals surface area (Å²) >= 11 is 0. The minimum atomic E-state index is -0.436. The largest absolute Gasteiger partial charge is 0.388 e. The molecule has 3 rings (SSSR count). The Hall–Kier alpha value is -2.01.